The number of piperidine rings is 1. The first-order valence-electron chi connectivity index (χ1n) is 7.10. The van der Waals surface area contributed by atoms with Crippen LogP contribution in [0, 0.1) is 17.2 Å². The van der Waals surface area contributed by atoms with Gasteiger partial charge in [0, 0.05) is 17.5 Å². The lowest BCUT2D eigenvalue weighted by atomic mass is 9.92. The summed E-state index contributed by atoms with van der Waals surface area (Å²) in [6.45, 7) is 7.79. The van der Waals surface area contributed by atoms with Crippen LogP contribution >= 0.6 is 11.8 Å². The van der Waals surface area contributed by atoms with Crippen molar-refractivity contribution in [3.8, 4) is 6.07 Å². The van der Waals surface area contributed by atoms with E-state index >= 15 is 0 Å². The highest BCUT2D eigenvalue weighted by molar-refractivity contribution is 7.99. The Morgan fingerprint density at radius 3 is 2.84 bits per heavy atom. The van der Waals surface area contributed by atoms with Crippen molar-refractivity contribution >= 4 is 17.4 Å². The van der Waals surface area contributed by atoms with Crippen LogP contribution in [0.15, 0.2) is 23.1 Å². The predicted molar refractivity (Wildman–Crippen MR) is 82.8 cm³/mol. The monoisotopic (exact) mass is 274 g/mol. The molecular weight excluding hydrogens is 252 g/mol. The molecule has 1 aliphatic rings. The molecule has 1 saturated heterocycles. The van der Waals surface area contributed by atoms with Crippen LogP contribution in [0.25, 0.3) is 0 Å². The Labute approximate surface area is 120 Å². The van der Waals surface area contributed by atoms with Crippen molar-refractivity contribution in [3.05, 3.63) is 23.8 Å². The zero-order valence-electron chi connectivity index (χ0n) is 12.0. The fourth-order valence-corrected chi connectivity index (χ4v) is 3.69. The number of thioether (sulfide) groups is 1. The van der Waals surface area contributed by atoms with Crippen molar-refractivity contribution in [2.75, 3.05) is 17.2 Å². The van der Waals surface area contributed by atoms with Crippen molar-refractivity contribution in [1.29, 1.82) is 5.26 Å². The van der Waals surface area contributed by atoms with Gasteiger partial charge in [0.15, 0.2) is 0 Å². The van der Waals surface area contributed by atoms with Gasteiger partial charge in [-0.1, -0.05) is 19.9 Å². The average molecular weight is 274 g/mol. The number of anilines is 1. The molecule has 1 aromatic carbocycles. The van der Waals surface area contributed by atoms with Crippen molar-refractivity contribution < 1.29 is 0 Å². The van der Waals surface area contributed by atoms with E-state index in [1.165, 1.54) is 12.8 Å². The van der Waals surface area contributed by atoms with Crippen LogP contribution in [0.5, 0.6) is 0 Å². The van der Waals surface area contributed by atoms with Gasteiger partial charge in [-0.3, -0.25) is 0 Å². The molecule has 2 rings (SSSR count). The Morgan fingerprint density at radius 1 is 1.42 bits per heavy atom. The van der Waals surface area contributed by atoms with E-state index in [0.29, 0.717) is 6.04 Å². The quantitative estimate of drug-likeness (QED) is 0.769. The second-order valence-corrected chi connectivity index (χ2v) is 6.67. The van der Waals surface area contributed by atoms with Crippen LogP contribution in [0.3, 0.4) is 0 Å². The second-order valence-electron chi connectivity index (χ2n) is 5.37. The molecule has 1 heterocycles. The Bertz CT molecular complexity index is 478. The van der Waals surface area contributed by atoms with Gasteiger partial charge in [0.25, 0.3) is 0 Å². The smallest absolute Gasteiger partial charge is 0.103 e. The summed E-state index contributed by atoms with van der Waals surface area (Å²) in [4.78, 5) is 3.53. The maximum absolute atomic E-state index is 9.50. The van der Waals surface area contributed by atoms with Gasteiger partial charge >= 0.3 is 0 Å². The van der Waals surface area contributed by atoms with Gasteiger partial charge in [-0.05, 0) is 43.6 Å². The molecule has 0 bridgehead atoms. The van der Waals surface area contributed by atoms with E-state index in [0.717, 1.165) is 34.4 Å². The maximum atomic E-state index is 9.50. The molecule has 2 atom stereocenters. The lowest BCUT2D eigenvalue weighted by Gasteiger charge is -2.39. The zero-order chi connectivity index (χ0) is 13.8. The van der Waals surface area contributed by atoms with Gasteiger partial charge in [0.2, 0.25) is 0 Å². The SMILES string of the molecule is CCSc1cccc(N2CCC(C)CC2C)c1C#N. The predicted octanol–water partition coefficient (Wildman–Crippen LogP) is 4.30. The highest BCUT2D eigenvalue weighted by Crippen LogP contribution is 2.34. The van der Waals surface area contributed by atoms with Crippen LogP contribution in [-0.2, 0) is 0 Å². The molecule has 0 aromatic heterocycles. The van der Waals surface area contributed by atoms with E-state index in [1.54, 1.807) is 11.8 Å². The first-order valence-corrected chi connectivity index (χ1v) is 8.08. The van der Waals surface area contributed by atoms with Gasteiger partial charge in [-0.15, -0.1) is 11.8 Å². The molecule has 1 aromatic rings. The minimum atomic E-state index is 0.526. The van der Waals surface area contributed by atoms with E-state index in [1.807, 2.05) is 0 Å². The topological polar surface area (TPSA) is 27.0 Å². The number of hydrogen-bond donors (Lipinski definition) is 0. The standard InChI is InChI=1S/C16H22N2S/c1-4-19-16-7-5-6-15(14(16)11-17)18-9-8-12(2)10-13(18)3/h5-7,12-13H,4,8-10H2,1-3H3. The fourth-order valence-electron chi connectivity index (χ4n) is 2.91. The molecule has 0 amide bonds. The number of nitrogens with zero attached hydrogens (tertiary/aromatic N) is 2. The Hall–Kier alpha value is -1.14. The largest absolute Gasteiger partial charge is 0.368 e. The molecule has 3 heteroatoms. The van der Waals surface area contributed by atoms with Crippen molar-refractivity contribution in [3.63, 3.8) is 0 Å². The Morgan fingerprint density at radius 2 is 2.21 bits per heavy atom. The number of hydrogen-bond acceptors (Lipinski definition) is 3. The molecule has 0 N–H and O–H groups in total. The molecular formula is C16H22N2S. The fraction of sp³-hybridized carbons (Fsp3) is 0.562. The summed E-state index contributed by atoms with van der Waals surface area (Å²) in [5.41, 5.74) is 1.98. The first-order chi connectivity index (χ1) is 9.17. The van der Waals surface area contributed by atoms with Crippen LogP contribution in [0.1, 0.15) is 39.2 Å². The summed E-state index contributed by atoms with van der Waals surface area (Å²) in [5, 5.41) is 9.50. The summed E-state index contributed by atoms with van der Waals surface area (Å²) >= 11 is 1.76. The Balaban J connectivity index is 2.34. The minimum absolute atomic E-state index is 0.526. The maximum Gasteiger partial charge on any atom is 0.103 e. The van der Waals surface area contributed by atoms with Crippen LogP contribution in [0.2, 0.25) is 0 Å². The van der Waals surface area contributed by atoms with E-state index in [-0.39, 0.29) is 0 Å². The van der Waals surface area contributed by atoms with Gasteiger partial charge in [0.05, 0.1) is 11.3 Å². The molecule has 1 aliphatic heterocycles. The molecule has 1 fully saturated rings. The number of nitriles is 1. The Kier molecular flexibility index (Phi) is 4.76. The summed E-state index contributed by atoms with van der Waals surface area (Å²) in [5.74, 6) is 1.80. The summed E-state index contributed by atoms with van der Waals surface area (Å²) in [6, 6.07) is 9.19. The van der Waals surface area contributed by atoms with Gasteiger partial charge < -0.3 is 4.90 Å². The van der Waals surface area contributed by atoms with Crippen LogP contribution < -0.4 is 4.90 Å². The summed E-state index contributed by atoms with van der Waals surface area (Å²) in [6.07, 6.45) is 2.44. The number of benzene rings is 1. The first kappa shape index (κ1) is 14.3. The highest BCUT2D eigenvalue weighted by Gasteiger charge is 2.25. The minimum Gasteiger partial charge on any atom is -0.368 e. The molecule has 102 valence electrons. The van der Waals surface area contributed by atoms with Crippen molar-refractivity contribution in [2.24, 2.45) is 5.92 Å². The van der Waals surface area contributed by atoms with Crippen molar-refractivity contribution in [1.82, 2.24) is 0 Å². The van der Waals surface area contributed by atoms with E-state index in [4.69, 9.17) is 0 Å². The highest BCUT2D eigenvalue weighted by atomic mass is 32.2. The van der Waals surface area contributed by atoms with Crippen molar-refractivity contribution in [2.45, 2.75) is 44.6 Å². The van der Waals surface area contributed by atoms with E-state index in [2.05, 4.69) is 49.9 Å². The van der Waals surface area contributed by atoms with Crippen LogP contribution in [0.4, 0.5) is 5.69 Å². The van der Waals surface area contributed by atoms with E-state index < -0.39 is 0 Å². The third-order valence-electron chi connectivity index (χ3n) is 3.86. The average Bonchev–Trinajstić information content (AvgIpc) is 2.39. The third-order valence-corrected chi connectivity index (χ3v) is 4.80. The van der Waals surface area contributed by atoms with E-state index in [9.17, 15) is 5.26 Å². The normalized spacial score (nSPS) is 23.2. The van der Waals surface area contributed by atoms with Gasteiger partial charge in [-0.2, -0.15) is 5.26 Å². The summed E-state index contributed by atoms with van der Waals surface area (Å²) in [7, 11) is 0. The molecule has 0 aliphatic carbocycles. The third kappa shape index (κ3) is 3.06. The number of rotatable bonds is 3. The van der Waals surface area contributed by atoms with Gasteiger partial charge in [0.1, 0.15) is 6.07 Å². The molecule has 19 heavy (non-hydrogen) atoms. The second kappa shape index (κ2) is 6.34. The summed E-state index contributed by atoms with van der Waals surface area (Å²) < 4.78 is 0. The molecule has 0 spiro atoms. The van der Waals surface area contributed by atoms with Gasteiger partial charge in [-0.25, -0.2) is 0 Å². The lowest BCUT2D eigenvalue weighted by Crippen LogP contribution is -2.40. The molecule has 0 saturated carbocycles. The lowest BCUT2D eigenvalue weighted by molar-refractivity contribution is 0.377. The molecule has 2 nitrogen and oxygen atoms in total. The zero-order valence-corrected chi connectivity index (χ0v) is 12.8. The molecule has 2 unspecified atom stereocenters. The van der Waals surface area contributed by atoms with Crippen LogP contribution in [-0.4, -0.2) is 18.3 Å². The molecule has 0 radical (unpaired) electrons.